The molecule has 1 atom stereocenters. The van der Waals surface area contributed by atoms with E-state index < -0.39 is 22.2 Å². The Morgan fingerprint density at radius 3 is 2.36 bits per heavy atom. The molecule has 2 aromatic rings. The average molecular weight is 479 g/mol. The minimum Gasteiger partial charge on any atom is -0.508 e. The molecule has 10 nitrogen and oxygen atoms in total. The Morgan fingerprint density at radius 1 is 1.12 bits per heavy atom. The molecule has 0 bridgehead atoms. The summed E-state index contributed by atoms with van der Waals surface area (Å²) in [7, 11) is -3.60. The maximum absolute atomic E-state index is 12.9. The van der Waals surface area contributed by atoms with Crippen LogP contribution in [0.4, 0.5) is 10.5 Å². The molecule has 6 N–H and O–H groups in total. The molecule has 1 saturated heterocycles. The number of aliphatic hydroxyl groups is 1. The number of rotatable bonds is 10. The first-order valence-corrected chi connectivity index (χ1v) is 12.2. The van der Waals surface area contributed by atoms with Crippen LogP contribution < -0.4 is 21.1 Å². The van der Waals surface area contributed by atoms with Gasteiger partial charge in [0.15, 0.2) is 0 Å². The van der Waals surface area contributed by atoms with E-state index in [-0.39, 0.29) is 17.3 Å². The Labute approximate surface area is 193 Å². The number of piperidine rings is 1. The molecule has 180 valence electrons. The van der Waals surface area contributed by atoms with Gasteiger partial charge in [-0.25, -0.2) is 13.2 Å². The van der Waals surface area contributed by atoms with Crippen LogP contribution in [0.25, 0.3) is 0 Å². The summed E-state index contributed by atoms with van der Waals surface area (Å²) in [5.41, 5.74) is 5.50. The third-order valence-corrected chi connectivity index (χ3v) is 7.34. The number of nitrogens with one attached hydrogen (secondary N) is 2. The molecule has 3 rings (SSSR count). The number of anilines is 1. The first-order valence-electron chi connectivity index (χ1n) is 10.7. The molecular weight excluding hydrogens is 448 g/mol. The van der Waals surface area contributed by atoms with Gasteiger partial charge in [0.25, 0.3) is 0 Å². The Bertz CT molecular complexity index is 1010. The molecule has 0 unspecified atom stereocenters. The molecular formula is C22H30N4O6S. The van der Waals surface area contributed by atoms with Crippen LogP contribution in [0.3, 0.4) is 0 Å². The minimum atomic E-state index is -3.60. The van der Waals surface area contributed by atoms with E-state index in [0.29, 0.717) is 56.4 Å². The first-order chi connectivity index (χ1) is 15.7. The van der Waals surface area contributed by atoms with Gasteiger partial charge in [-0.2, -0.15) is 4.31 Å². The molecule has 1 heterocycles. The molecule has 2 aromatic carbocycles. The number of urea groups is 1. The number of nitrogens with two attached hydrogens (primary N) is 1. The third-order valence-electron chi connectivity index (χ3n) is 5.43. The lowest BCUT2D eigenvalue weighted by molar-refractivity contribution is 0.104. The van der Waals surface area contributed by atoms with Gasteiger partial charge in [0.1, 0.15) is 24.2 Å². The Kier molecular flexibility index (Phi) is 8.50. The number of ether oxygens (including phenoxy) is 1. The molecule has 1 aliphatic heterocycles. The van der Waals surface area contributed by atoms with Crippen LogP contribution in [0.15, 0.2) is 53.4 Å². The van der Waals surface area contributed by atoms with Crippen molar-refractivity contribution in [2.24, 2.45) is 11.7 Å². The highest BCUT2D eigenvalue weighted by atomic mass is 32.2. The second kappa shape index (κ2) is 11.3. The molecule has 33 heavy (non-hydrogen) atoms. The molecule has 0 aromatic heterocycles. The lowest BCUT2D eigenvalue weighted by Gasteiger charge is -2.31. The number of hydrogen-bond donors (Lipinski definition) is 5. The predicted molar refractivity (Wildman–Crippen MR) is 124 cm³/mol. The number of aromatic hydroxyl groups is 1. The van der Waals surface area contributed by atoms with Crippen molar-refractivity contribution in [3.05, 3.63) is 48.5 Å². The van der Waals surface area contributed by atoms with Crippen molar-refractivity contribution in [1.82, 2.24) is 9.62 Å². The monoisotopic (exact) mass is 478 g/mol. The van der Waals surface area contributed by atoms with E-state index in [0.717, 1.165) is 0 Å². The zero-order valence-corrected chi connectivity index (χ0v) is 19.0. The number of benzene rings is 2. The summed E-state index contributed by atoms with van der Waals surface area (Å²) < 4.78 is 32.7. The second-order valence-corrected chi connectivity index (χ2v) is 9.92. The van der Waals surface area contributed by atoms with Gasteiger partial charge in [0.2, 0.25) is 10.0 Å². The summed E-state index contributed by atoms with van der Waals surface area (Å²) in [6.07, 6.45) is 0.743. The van der Waals surface area contributed by atoms with Gasteiger partial charge in [-0.1, -0.05) is 0 Å². The number of phenolic OH excluding ortho intramolecular Hbond substituents is 1. The molecule has 1 aliphatic rings. The second-order valence-electron chi connectivity index (χ2n) is 7.98. The fourth-order valence-electron chi connectivity index (χ4n) is 3.60. The van der Waals surface area contributed by atoms with Crippen molar-refractivity contribution in [2.45, 2.75) is 23.8 Å². The first kappa shape index (κ1) is 24.8. The number of hydrogen-bond acceptors (Lipinski definition) is 7. The predicted octanol–water partition coefficient (Wildman–Crippen LogP) is 1.31. The van der Waals surface area contributed by atoms with Gasteiger partial charge in [-0.15, -0.1) is 0 Å². The van der Waals surface area contributed by atoms with Gasteiger partial charge in [0, 0.05) is 25.3 Å². The van der Waals surface area contributed by atoms with Crippen molar-refractivity contribution in [3.8, 4) is 11.5 Å². The van der Waals surface area contributed by atoms with Crippen molar-refractivity contribution in [1.29, 1.82) is 0 Å². The average Bonchev–Trinajstić information content (AvgIpc) is 2.79. The van der Waals surface area contributed by atoms with Gasteiger partial charge >= 0.3 is 6.03 Å². The lowest BCUT2D eigenvalue weighted by atomic mass is 9.98. The van der Waals surface area contributed by atoms with Crippen molar-refractivity contribution in [2.75, 3.05) is 38.1 Å². The van der Waals surface area contributed by atoms with Gasteiger partial charge in [-0.05, 0) is 73.8 Å². The highest BCUT2D eigenvalue weighted by Gasteiger charge is 2.29. The molecule has 1 fully saturated rings. The standard InChI is InChI=1S/C22H30N4O6S/c23-22(29)25-17-1-7-21(8-2-17)33(30,31)26-11-9-16(10-12-26)13-24-14-19(28)15-32-20-5-3-18(27)4-6-20/h1-8,16,19,24,27-28H,9-15H2,(H3,23,25,29)/t19-/m0/s1. The van der Waals surface area contributed by atoms with Crippen LogP contribution in [0.1, 0.15) is 12.8 Å². The zero-order chi connectivity index (χ0) is 23.8. The number of phenols is 1. The number of amides is 2. The van der Waals surface area contributed by atoms with Crippen LogP contribution >= 0.6 is 0 Å². The SMILES string of the molecule is NC(=O)Nc1ccc(S(=O)(=O)N2CCC(CNC[C@H](O)COc3ccc(O)cc3)CC2)cc1. The molecule has 0 aliphatic carbocycles. The van der Waals surface area contributed by atoms with Gasteiger partial charge in [-0.3, -0.25) is 0 Å². The van der Waals surface area contributed by atoms with E-state index in [2.05, 4.69) is 10.6 Å². The van der Waals surface area contributed by atoms with E-state index >= 15 is 0 Å². The summed E-state index contributed by atoms with van der Waals surface area (Å²) in [5.74, 6) is 1.03. The molecule has 2 amide bonds. The van der Waals surface area contributed by atoms with Gasteiger partial charge < -0.3 is 31.3 Å². The number of primary amides is 1. The molecule has 11 heteroatoms. The van der Waals surface area contributed by atoms with E-state index in [1.54, 1.807) is 12.1 Å². The van der Waals surface area contributed by atoms with E-state index in [1.165, 1.54) is 40.7 Å². The van der Waals surface area contributed by atoms with Crippen molar-refractivity contribution < 1.29 is 28.2 Å². The van der Waals surface area contributed by atoms with Crippen LogP contribution in [0.5, 0.6) is 11.5 Å². The molecule has 0 saturated carbocycles. The number of carbonyl (C=O) groups is 1. The molecule has 0 radical (unpaired) electrons. The van der Waals surface area contributed by atoms with Crippen LogP contribution in [0.2, 0.25) is 0 Å². The number of nitrogens with zero attached hydrogens (tertiary/aromatic N) is 1. The van der Waals surface area contributed by atoms with Crippen molar-refractivity contribution >= 4 is 21.7 Å². The largest absolute Gasteiger partial charge is 0.508 e. The van der Waals surface area contributed by atoms with Crippen LogP contribution in [0, 0.1) is 5.92 Å². The normalized spacial score (nSPS) is 16.3. The maximum Gasteiger partial charge on any atom is 0.316 e. The highest BCUT2D eigenvalue weighted by molar-refractivity contribution is 7.89. The zero-order valence-electron chi connectivity index (χ0n) is 18.2. The third kappa shape index (κ3) is 7.32. The fraction of sp³-hybridized carbons (Fsp3) is 0.409. The lowest BCUT2D eigenvalue weighted by Crippen LogP contribution is -2.42. The Morgan fingerprint density at radius 2 is 1.76 bits per heavy atom. The van der Waals surface area contributed by atoms with E-state index in [9.17, 15) is 23.4 Å². The highest BCUT2D eigenvalue weighted by Crippen LogP contribution is 2.24. The summed E-state index contributed by atoms with van der Waals surface area (Å²) in [6.45, 7) is 2.01. The number of sulfonamides is 1. The summed E-state index contributed by atoms with van der Waals surface area (Å²) in [6, 6.07) is 11.5. The maximum atomic E-state index is 12.9. The summed E-state index contributed by atoms with van der Waals surface area (Å²) in [4.78, 5) is 11.1. The smallest absolute Gasteiger partial charge is 0.316 e. The summed E-state index contributed by atoms with van der Waals surface area (Å²) in [5, 5.41) is 25.0. The van der Waals surface area contributed by atoms with E-state index in [1.807, 2.05) is 0 Å². The Hall–Kier alpha value is -2.86. The Balaban J connectivity index is 1.38. The molecule has 0 spiro atoms. The quantitative estimate of drug-likeness (QED) is 0.345. The van der Waals surface area contributed by atoms with Crippen LogP contribution in [-0.4, -0.2) is 67.9 Å². The van der Waals surface area contributed by atoms with Crippen molar-refractivity contribution in [3.63, 3.8) is 0 Å². The van der Waals surface area contributed by atoms with Gasteiger partial charge in [0.05, 0.1) is 4.90 Å². The van der Waals surface area contributed by atoms with E-state index in [4.69, 9.17) is 10.5 Å². The van der Waals surface area contributed by atoms with Crippen LogP contribution in [-0.2, 0) is 10.0 Å². The minimum absolute atomic E-state index is 0.127. The number of carbonyl (C=O) groups excluding carboxylic acids is 1. The fourth-order valence-corrected chi connectivity index (χ4v) is 5.07. The summed E-state index contributed by atoms with van der Waals surface area (Å²) >= 11 is 0. The topological polar surface area (TPSA) is 154 Å². The number of aliphatic hydroxyl groups excluding tert-OH is 1.